The van der Waals surface area contributed by atoms with Crippen molar-refractivity contribution in [3.05, 3.63) is 64.9 Å². The predicted octanol–water partition coefficient (Wildman–Crippen LogP) is 4.54. The van der Waals surface area contributed by atoms with Crippen LogP contribution in [0.1, 0.15) is 18.3 Å². The number of hydrogen-bond acceptors (Lipinski definition) is 5. The summed E-state index contributed by atoms with van der Waals surface area (Å²) >= 11 is 5.91. The Kier molecular flexibility index (Phi) is 7.45. The lowest BCUT2D eigenvalue weighted by Gasteiger charge is -2.09. The van der Waals surface area contributed by atoms with E-state index in [1.807, 2.05) is 55.6 Å². The van der Waals surface area contributed by atoms with Crippen LogP contribution in [0.5, 0.6) is 5.75 Å². The van der Waals surface area contributed by atoms with Crippen molar-refractivity contribution in [1.82, 2.24) is 15.5 Å². The molecule has 0 radical (unpaired) electrons. The Hall–Kier alpha value is -2.08. The van der Waals surface area contributed by atoms with Crippen LogP contribution >= 0.6 is 24.0 Å². The van der Waals surface area contributed by atoms with Gasteiger partial charge < -0.3 is 14.6 Å². The number of aromatic nitrogens is 2. The summed E-state index contributed by atoms with van der Waals surface area (Å²) < 4.78 is 11.4. The molecule has 0 aliphatic rings. The number of rotatable bonds is 7. The van der Waals surface area contributed by atoms with Crippen LogP contribution in [0.25, 0.3) is 11.5 Å². The summed E-state index contributed by atoms with van der Waals surface area (Å²) in [6, 6.07) is 15.5. The van der Waals surface area contributed by atoms with Gasteiger partial charge in [0.05, 0.1) is 5.56 Å². The zero-order valence-electron chi connectivity index (χ0n) is 14.6. The van der Waals surface area contributed by atoms with E-state index in [2.05, 4.69) is 22.4 Å². The molecule has 0 aliphatic carbocycles. The third-order valence-electron chi connectivity index (χ3n) is 3.87. The Labute approximate surface area is 164 Å². The zero-order chi connectivity index (χ0) is 17.6. The Morgan fingerprint density at radius 3 is 2.62 bits per heavy atom. The van der Waals surface area contributed by atoms with E-state index in [-0.39, 0.29) is 18.4 Å². The van der Waals surface area contributed by atoms with Gasteiger partial charge >= 0.3 is 0 Å². The van der Waals surface area contributed by atoms with Gasteiger partial charge in [-0.15, -0.1) is 12.4 Å². The zero-order valence-corrected chi connectivity index (χ0v) is 16.2. The molecule has 0 saturated heterocycles. The van der Waals surface area contributed by atoms with E-state index in [0.29, 0.717) is 35.5 Å². The molecule has 5 nitrogen and oxygen atoms in total. The van der Waals surface area contributed by atoms with Crippen molar-refractivity contribution in [3.63, 3.8) is 0 Å². The molecule has 0 spiro atoms. The van der Waals surface area contributed by atoms with E-state index in [0.717, 1.165) is 11.1 Å². The number of likely N-dealkylation sites (N-methyl/N-ethyl adjacent to an activating group) is 1. The highest BCUT2D eigenvalue weighted by Gasteiger charge is 2.15. The topological polar surface area (TPSA) is 60.2 Å². The molecular formula is C19H21Cl2N3O2. The lowest BCUT2D eigenvalue weighted by molar-refractivity contribution is 0.306. The minimum Gasteiger partial charge on any atom is -0.488 e. The van der Waals surface area contributed by atoms with Crippen molar-refractivity contribution in [2.24, 2.45) is 0 Å². The van der Waals surface area contributed by atoms with Crippen molar-refractivity contribution >= 4 is 24.0 Å². The van der Waals surface area contributed by atoms with Gasteiger partial charge in [0.25, 0.3) is 5.89 Å². The monoisotopic (exact) mass is 393 g/mol. The maximum atomic E-state index is 5.95. The van der Waals surface area contributed by atoms with Crippen LogP contribution in [0.15, 0.2) is 53.1 Å². The van der Waals surface area contributed by atoms with Gasteiger partial charge in [-0.25, -0.2) is 0 Å². The molecule has 0 aliphatic heterocycles. The van der Waals surface area contributed by atoms with Crippen LogP contribution in [-0.4, -0.2) is 23.2 Å². The summed E-state index contributed by atoms with van der Waals surface area (Å²) in [7, 11) is 1.91. The normalized spacial score (nSPS) is 11.7. The van der Waals surface area contributed by atoms with Gasteiger partial charge in [-0.2, -0.15) is 4.98 Å². The Bertz CT molecular complexity index is 822. The highest BCUT2D eigenvalue weighted by Crippen LogP contribution is 2.29. The van der Waals surface area contributed by atoms with Crippen molar-refractivity contribution in [3.8, 4) is 17.2 Å². The third kappa shape index (κ3) is 5.21. The molecule has 3 aromatic rings. The minimum atomic E-state index is 0. The van der Waals surface area contributed by atoms with Crippen LogP contribution in [0, 0.1) is 0 Å². The van der Waals surface area contributed by atoms with Gasteiger partial charge in [-0.05, 0) is 43.8 Å². The quantitative estimate of drug-likeness (QED) is 0.638. The molecule has 1 unspecified atom stereocenters. The van der Waals surface area contributed by atoms with Crippen molar-refractivity contribution < 1.29 is 9.26 Å². The maximum absolute atomic E-state index is 5.95. The number of ether oxygens (including phenoxy) is 1. The second-order valence-electron chi connectivity index (χ2n) is 5.82. The van der Waals surface area contributed by atoms with Crippen LogP contribution in [0.2, 0.25) is 5.02 Å². The fraction of sp³-hybridized carbons (Fsp3) is 0.263. The number of halogens is 2. The maximum Gasteiger partial charge on any atom is 0.261 e. The first-order chi connectivity index (χ1) is 12.2. The number of benzene rings is 2. The van der Waals surface area contributed by atoms with E-state index in [4.69, 9.17) is 20.9 Å². The van der Waals surface area contributed by atoms with E-state index >= 15 is 0 Å². The highest BCUT2D eigenvalue weighted by atomic mass is 35.5. The number of para-hydroxylation sites is 1. The van der Waals surface area contributed by atoms with Crippen molar-refractivity contribution in [1.29, 1.82) is 0 Å². The van der Waals surface area contributed by atoms with E-state index in [1.54, 1.807) is 0 Å². The van der Waals surface area contributed by atoms with Crippen molar-refractivity contribution in [2.45, 2.75) is 26.0 Å². The van der Waals surface area contributed by atoms with E-state index < -0.39 is 0 Å². The highest BCUT2D eigenvalue weighted by molar-refractivity contribution is 6.30. The molecule has 138 valence electrons. The van der Waals surface area contributed by atoms with Crippen LogP contribution in [0.3, 0.4) is 0 Å². The molecular weight excluding hydrogens is 373 g/mol. The smallest absolute Gasteiger partial charge is 0.261 e. The summed E-state index contributed by atoms with van der Waals surface area (Å²) in [5.74, 6) is 1.84. The lowest BCUT2D eigenvalue weighted by Crippen LogP contribution is -2.24. The number of nitrogens with one attached hydrogen (secondary N) is 1. The fourth-order valence-corrected chi connectivity index (χ4v) is 2.46. The molecule has 0 amide bonds. The summed E-state index contributed by atoms with van der Waals surface area (Å²) in [5, 5.41) is 7.92. The summed E-state index contributed by atoms with van der Waals surface area (Å²) in [5.41, 5.74) is 1.82. The van der Waals surface area contributed by atoms with Crippen molar-refractivity contribution in [2.75, 3.05) is 7.05 Å². The first-order valence-corrected chi connectivity index (χ1v) is 8.50. The predicted molar refractivity (Wildman–Crippen MR) is 105 cm³/mol. The number of nitrogens with zero attached hydrogens (tertiary/aromatic N) is 2. The Morgan fingerprint density at radius 1 is 1.15 bits per heavy atom. The summed E-state index contributed by atoms with van der Waals surface area (Å²) in [6.07, 6.45) is 0.702. The molecule has 1 atom stereocenters. The third-order valence-corrected chi connectivity index (χ3v) is 4.13. The molecule has 0 bridgehead atoms. The second-order valence-corrected chi connectivity index (χ2v) is 6.26. The van der Waals surface area contributed by atoms with Gasteiger partial charge in [-0.1, -0.05) is 41.0 Å². The van der Waals surface area contributed by atoms with Gasteiger partial charge in [0.15, 0.2) is 5.82 Å². The molecule has 26 heavy (non-hydrogen) atoms. The first kappa shape index (κ1) is 20.2. The van der Waals surface area contributed by atoms with Gasteiger partial charge in [0.2, 0.25) is 0 Å². The molecule has 0 saturated carbocycles. The second kappa shape index (κ2) is 9.57. The number of hydrogen-bond donors (Lipinski definition) is 1. The Morgan fingerprint density at radius 2 is 1.88 bits per heavy atom. The molecule has 2 aromatic carbocycles. The van der Waals surface area contributed by atoms with Crippen LogP contribution < -0.4 is 10.1 Å². The average Bonchev–Trinajstić information content (AvgIpc) is 3.09. The molecule has 3 rings (SSSR count). The Balaban J connectivity index is 0.00000243. The molecule has 0 fully saturated rings. The molecule has 1 N–H and O–H groups in total. The van der Waals surface area contributed by atoms with Crippen LogP contribution in [0.4, 0.5) is 0 Å². The fourth-order valence-electron chi connectivity index (χ4n) is 2.33. The van der Waals surface area contributed by atoms with E-state index in [1.165, 1.54) is 0 Å². The molecule has 1 heterocycles. The summed E-state index contributed by atoms with van der Waals surface area (Å²) in [6.45, 7) is 2.51. The SMILES string of the molecule is CNC(C)Cc1noc(-c2ccccc2OCc2ccc(Cl)cc2)n1.Cl. The lowest BCUT2D eigenvalue weighted by atomic mass is 10.2. The van der Waals surface area contributed by atoms with Gasteiger partial charge in [0.1, 0.15) is 12.4 Å². The van der Waals surface area contributed by atoms with Crippen LogP contribution in [-0.2, 0) is 13.0 Å². The van der Waals surface area contributed by atoms with Gasteiger partial charge in [-0.3, -0.25) is 0 Å². The average molecular weight is 394 g/mol. The standard InChI is InChI=1S/C19H20ClN3O2.ClH/c1-13(21-2)11-18-22-19(25-23-18)16-5-3-4-6-17(16)24-12-14-7-9-15(20)10-8-14;/h3-10,13,21H,11-12H2,1-2H3;1H. The van der Waals surface area contributed by atoms with E-state index in [9.17, 15) is 0 Å². The first-order valence-electron chi connectivity index (χ1n) is 8.12. The molecule has 7 heteroatoms. The largest absolute Gasteiger partial charge is 0.488 e. The van der Waals surface area contributed by atoms with Gasteiger partial charge in [0, 0.05) is 17.5 Å². The molecule has 1 aromatic heterocycles. The minimum absolute atomic E-state index is 0. The summed E-state index contributed by atoms with van der Waals surface area (Å²) in [4.78, 5) is 4.48.